The van der Waals surface area contributed by atoms with Crippen LogP contribution in [0.4, 0.5) is 17.1 Å². The van der Waals surface area contributed by atoms with Crippen molar-refractivity contribution in [2.24, 2.45) is 0 Å². The van der Waals surface area contributed by atoms with Gasteiger partial charge in [0.25, 0.3) is 0 Å². The van der Waals surface area contributed by atoms with Gasteiger partial charge in [0, 0.05) is 5.69 Å². The number of nitrogen functional groups attached to an aromatic ring is 3. The van der Waals surface area contributed by atoms with Crippen molar-refractivity contribution >= 4 is 17.1 Å². The van der Waals surface area contributed by atoms with E-state index < -0.39 is 0 Å². The van der Waals surface area contributed by atoms with Gasteiger partial charge in [0.1, 0.15) is 0 Å². The maximum Gasteiger partial charge on any atom is 0.0554 e. The van der Waals surface area contributed by atoms with E-state index in [-0.39, 0.29) is 0 Å². The highest BCUT2D eigenvalue weighted by Crippen LogP contribution is 2.34. The zero-order valence-electron chi connectivity index (χ0n) is 11.6. The molecule has 0 radical (unpaired) electrons. The van der Waals surface area contributed by atoms with Crippen LogP contribution in [0.5, 0.6) is 0 Å². The smallest absolute Gasteiger partial charge is 0.0554 e. The molecule has 6 N–H and O–H groups in total. The molecular formula is C18H17N3. The summed E-state index contributed by atoms with van der Waals surface area (Å²) >= 11 is 0. The lowest BCUT2D eigenvalue weighted by atomic mass is 9.94. The Labute approximate surface area is 124 Å². The normalized spacial score (nSPS) is 10.5. The fourth-order valence-electron chi connectivity index (χ4n) is 2.39. The van der Waals surface area contributed by atoms with Crippen molar-refractivity contribution in [1.29, 1.82) is 0 Å². The minimum atomic E-state index is 0.597. The van der Waals surface area contributed by atoms with Gasteiger partial charge in [-0.3, -0.25) is 0 Å². The number of nitrogens with two attached hydrogens (primary N) is 3. The van der Waals surface area contributed by atoms with Gasteiger partial charge in [-0.25, -0.2) is 0 Å². The van der Waals surface area contributed by atoms with Crippen LogP contribution in [0.15, 0.2) is 66.7 Å². The molecular weight excluding hydrogens is 258 g/mol. The van der Waals surface area contributed by atoms with Crippen LogP contribution in [0.3, 0.4) is 0 Å². The van der Waals surface area contributed by atoms with E-state index in [1.165, 1.54) is 0 Å². The third-order valence-electron chi connectivity index (χ3n) is 3.55. The van der Waals surface area contributed by atoms with E-state index in [9.17, 15) is 0 Å². The Balaban J connectivity index is 2.15. The van der Waals surface area contributed by atoms with Crippen LogP contribution in [-0.2, 0) is 0 Å². The number of hydrogen-bond acceptors (Lipinski definition) is 3. The molecule has 3 rings (SSSR count). The highest BCUT2D eigenvalue weighted by atomic mass is 14.7. The SMILES string of the molecule is Nc1ccc(-c2ccccc2-c2ccc(N)c(N)c2)cc1. The van der Waals surface area contributed by atoms with E-state index in [1.807, 2.05) is 54.6 Å². The fraction of sp³-hybridized carbons (Fsp3) is 0. The van der Waals surface area contributed by atoms with E-state index in [0.29, 0.717) is 11.4 Å². The van der Waals surface area contributed by atoms with E-state index in [2.05, 4.69) is 12.1 Å². The Morgan fingerprint density at radius 1 is 0.524 bits per heavy atom. The summed E-state index contributed by atoms with van der Waals surface area (Å²) in [5.41, 5.74) is 23.9. The Morgan fingerprint density at radius 3 is 1.71 bits per heavy atom. The highest BCUT2D eigenvalue weighted by molar-refractivity contribution is 5.86. The summed E-state index contributed by atoms with van der Waals surface area (Å²) in [6.07, 6.45) is 0. The molecule has 0 aliphatic heterocycles. The van der Waals surface area contributed by atoms with E-state index in [4.69, 9.17) is 17.2 Å². The number of hydrogen-bond donors (Lipinski definition) is 3. The molecule has 0 aliphatic carbocycles. The van der Waals surface area contributed by atoms with Gasteiger partial charge < -0.3 is 17.2 Å². The molecule has 3 nitrogen and oxygen atoms in total. The third kappa shape index (κ3) is 2.54. The second-order valence-electron chi connectivity index (χ2n) is 5.01. The van der Waals surface area contributed by atoms with Gasteiger partial charge in [-0.1, -0.05) is 42.5 Å². The quantitative estimate of drug-likeness (QED) is 0.623. The first kappa shape index (κ1) is 13.1. The Morgan fingerprint density at radius 2 is 1.10 bits per heavy atom. The molecule has 0 heterocycles. The molecule has 0 saturated carbocycles. The molecule has 0 atom stereocenters. The molecule has 0 aromatic heterocycles. The summed E-state index contributed by atoms with van der Waals surface area (Å²) in [6.45, 7) is 0. The molecule has 0 spiro atoms. The van der Waals surface area contributed by atoms with Crippen molar-refractivity contribution < 1.29 is 0 Å². The maximum atomic E-state index is 5.93. The number of benzene rings is 3. The number of anilines is 3. The first-order chi connectivity index (χ1) is 10.1. The largest absolute Gasteiger partial charge is 0.399 e. The molecule has 0 fully saturated rings. The molecule has 0 amide bonds. The summed E-state index contributed by atoms with van der Waals surface area (Å²) in [6, 6.07) is 21.8. The van der Waals surface area contributed by atoms with Crippen molar-refractivity contribution in [1.82, 2.24) is 0 Å². The van der Waals surface area contributed by atoms with Crippen LogP contribution in [0.1, 0.15) is 0 Å². The summed E-state index contributed by atoms with van der Waals surface area (Å²) in [5.74, 6) is 0. The van der Waals surface area contributed by atoms with Crippen molar-refractivity contribution in [3.8, 4) is 22.3 Å². The molecule has 0 bridgehead atoms. The molecule has 104 valence electrons. The highest BCUT2D eigenvalue weighted by Gasteiger charge is 2.08. The van der Waals surface area contributed by atoms with Crippen molar-refractivity contribution in [2.75, 3.05) is 17.2 Å². The predicted octanol–water partition coefficient (Wildman–Crippen LogP) is 3.77. The average molecular weight is 275 g/mol. The van der Waals surface area contributed by atoms with E-state index in [1.54, 1.807) is 0 Å². The van der Waals surface area contributed by atoms with Crippen LogP contribution in [0.2, 0.25) is 0 Å². The van der Waals surface area contributed by atoms with Crippen LogP contribution in [-0.4, -0.2) is 0 Å². The zero-order valence-corrected chi connectivity index (χ0v) is 11.6. The van der Waals surface area contributed by atoms with E-state index >= 15 is 0 Å². The van der Waals surface area contributed by atoms with Gasteiger partial charge in [-0.15, -0.1) is 0 Å². The summed E-state index contributed by atoms with van der Waals surface area (Å²) in [7, 11) is 0. The third-order valence-corrected chi connectivity index (χ3v) is 3.55. The second kappa shape index (κ2) is 5.21. The lowest BCUT2D eigenvalue weighted by Gasteiger charge is -2.11. The minimum absolute atomic E-state index is 0.597. The summed E-state index contributed by atoms with van der Waals surface area (Å²) in [5, 5.41) is 0. The molecule has 0 aliphatic rings. The maximum absolute atomic E-state index is 5.93. The molecule has 3 aromatic rings. The van der Waals surface area contributed by atoms with Gasteiger partial charge in [0.2, 0.25) is 0 Å². The van der Waals surface area contributed by atoms with Crippen LogP contribution < -0.4 is 17.2 Å². The van der Waals surface area contributed by atoms with Gasteiger partial charge in [0.15, 0.2) is 0 Å². The molecule has 21 heavy (non-hydrogen) atoms. The Hall–Kier alpha value is -2.94. The molecule has 3 aromatic carbocycles. The average Bonchev–Trinajstić information content (AvgIpc) is 2.51. The number of rotatable bonds is 2. The first-order valence-electron chi connectivity index (χ1n) is 6.75. The summed E-state index contributed by atoms with van der Waals surface area (Å²) in [4.78, 5) is 0. The lowest BCUT2D eigenvalue weighted by molar-refractivity contribution is 1.57. The molecule has 0 saturated heterocycles. The Kier molecular flexibility index (Phi) is 3.24. The topological polar surface area (TPSA) is 78.1 Å². The monoisotopic (exact) mass is 275 g/mol. The van der Waals surface area contributed by atoms with Gasteiger partial charge in [-0.2, -0.15) is 0 Å². The van der Waals surface area contributed by atoms with Crippen molar-refractivity contribution in [3.63, 3.8) is 0 Å². The van der Waals surface area contributed by atoms with Gasteiger partial charge >= 0.3 is 0 Å². The van der Waals surface area contributed by atoms with Gasteiger partial charge in [0.05, 0.1) is 11.4 Å². The Bertz CT molecular complexity index is 777. The first-order valence-corrected chi connectivity index (χ1v) is 6.75. The van der Waals surface area contributed by atoms with E-state index in [0.717, 1.165) is 27.9 Å². The van der Waals surface area contributed by atoms with Crippen molar-refractivity contribution in [2.45, 2.75) is 0 Å². The van der Waals surface area contributed by atoms with Crippen LogP contribution >= 0.6 is 0 Å². The van der Waals surface area contributed by atoms with Crippen LogP contribution in [0, 0.1) is 0 Å². The van der Waals surface area contributed by atoms with Gasteiger partial charge in [-0.05, 0) is 46.5 Å². The predicted molar refractivity (Wildman–Crippen MR) is 90.6 cm³/mol. The lowest BCUT2D eigenvalue weighted by Crippen LogP contribution is -1.95. The van der Waals surface area contributed by atoms with Crippen LogP contribution in [0.25, 0.3) is 22.3 Å². The van der Waals surface area contributed by atoms with Crippen molar-refractivity contribution in [3.05, 3.63) is 66.7 Å². The summed E-state index contributed by atoms with van der Waals surface area (Å²) < 4.78 is 0. The fourth-order valence-corrected chi connectivity index (χ4v) is 2.39. The second-order valence-corrected chi connectivity index (χ2v) is 5.01. The minimum Gasteiger partial charge on any atom is -0.399 e. The standard InChI is InChI=1S/C18H17N3/c19-14-8-5-12(6-9-14)15-3-1-2-4-16(15)13-7-10-17(20)18(21)11-13/h1-11H,19-21H2. The zero-order chi connectivity index (χ0) is 14.8. The molecule has 3 heteroatoms. The molecule has 0 unspecified atom stereocenters.